The Balaban J connectivity index is 1.30. The standard InChI is InChI=1S/C21H29N7O/c1-26-10-12-28(13-11-26)21(29)15-5-8-27(9-6-15)20-19(23-16-2-3-16)24-17-4-7-22-14-18(17)25-20/h4,7,14-16H,2-3,5-6,8-13H2,1H3,(H,23,24). The minimum absolute atomic E-state index is 0.129. The van der Waals surface area contributed by atoms with Crippen LogP contribution in [0.25, 0.3) is 11.0 Å². The van der Waals surface area contributed by atoms with Crippen molar-refractivity contribution in [3.8, 4) is 0 Å². The second kappa shape index (κ2) is 7.74. The van der Waals surface area contributed by atoms with Gasteiger partial charge in [0.1, 0.15) is 5.52 Å². The number of hydrogen-bond acceptors (Lipinski definition) is 7. The molecule has 2 saturated heterocycles. The first-order valence-electron chi connectivity index (χ1n) is 10.8. The molecular formula is C21H29N7O. The molecule has 0 bridgehead atoms. The van der Waals surface area contributed by atoms with Gasteiger partial charge in [-0.1, -0.05) is 0 Å². The Labute approximate surface area is 171 Å². The van der Waals surface area contributed by atoms with Crippen LogP contribution in [0.4, 0.5) is 11.6 Å². The second-order valence-corrected chi connectivity index (χ2v) is 8.57. The summed E-state index contributed by atoms with van der Waals surface area (Å²) in [5.74, 6) is 2.24. The Hall–Kier alpha value is -2.48. The predicted molar refractivity (Wildman–Crippen MR) is 113 cm³/mol. The summed E-state index contributed by atoms with van der Waals surface area (Å²) in [6.07, 6.45) is 7.67. The molecule has 0 aromatic carbocycles. The summed E-state index contributed by atoms with van der Waals surface area (Å²) in [4.78, 5) is 33.5. The van der Waals surface area contributed by atoms with Crippen LogP contribution in [0.1, 0.15) is 25.7 Å². The molecule has 1 aliphatic carbocycles. The molecule has 8 heteroatoms. The molecule has 0 radical (unpaired) electrons. The topological polar surface area (TPSA) is 77.5 Å². The van der Waals surface area contributed by atoms with Gasteiger partial charge in [-0.15, -0.1) is 0 Å². The average Bonchev–Trinajstić information content (AvgIpc) is 3.57. The summed E-state index contributed by atoms with van der Waals surface area (Å²) in [7, 11) is 2.12. The number of hydrogen-bond donors (Lipinski definition) is 1. The number of fused-ring (bicyclic) bond motifs is 1. The Bertz CT molecular complexity index is 884. The van der Waals surface area contributed by atoms with Crippen LogP contribution in [-0.2, 0) is 4.79 Å². The molecule has 4 heterocycles. The fourth-order valence-electron chi connectivity index (χ4n) is 4.26. The fourth-order valence-corrected chi connectivity index (χ4v) is 4.26. The third-order valence-electron chi connectivity index (χ3n) is 6.33. The largest absolute Gasteiger partial charge is 0.364 e. The van der Waals surface area contributed by atoms with Crippen molar-refractivity contribution in [3.05, 3.63) is 18.5 Å². The van der Waals surface area contributed by atoms with E-state index in [4.69, 9.17) is 9.97 Å². The zero-order valence-corrected chi connectivity index (χ0v) is 17.0. The molecule has 0 atom stereocenters. The maximum atomic E-state index is 12.9. The molecular weight excluding hydrogens is 366 g/mol. The van der Waals surface area contributed by atoms with Crippen molar-refractivity contribution < 1.29 is 4.79 Å². The van der Waals surface area contributed by atoms with Crippen molar-refractivity contribution in [2.24, 2.45) is 5.92 Å². The van der Waals surface area contributed by atoms with Gasteiger partial charge < -0.3 is 20.0 Å². The van der Waals surface area contributed by atoms with Crippen molar-refractivity contribution in [3.63, 3.8) is 0 Å². The average molecular weight is 396 g/mol. The van der Waals surface area contributed by atoms with Gasteiger partial charge in [0.05, 0.1) is 11.7 Å². The monoisotopic (exact) mass is 395 g/mol. The molecule has 154 valence electrons. The number of piperazine rings is 1. The van der Waals surface area contributed by atoms with E-state index in [-0.39, 0.29) is 5.92 Å². The molecule has 2 aliphatic heterocycles. The number of aromatic nitrogens is 3. The number of amides is 1. The zero-order chi connectivity index (χ0) is 19.8. The highest BCUT2D eigenvalue weighted by Crippen LogP contribution is 2.33. The Morgan fingerprint density at radius 1 is 1.00 bits per heavy atom. The summed E-state index contributed by atoms with van der Waals surface area (Å²) in [5.41, 5.74) is 1.69. The minimum atomic E-state index is 0.129. The third-order valence-corrected chi connectivity index (χ3v) is 6.33. The lowest BCUT2D eigenvalue weighted by molar-refractivity contribution is -0.137. The maximum absolute atomic E-state index is 12.9. The first kappa shape index (κ1) is 18.5. The summed E-state index contributed by atoms with van der Waals surface area (Å²) in [5, 5.41) is 3.55. The molecule has 1 N–H and O–H groups in total. The van der Waals surface area contributed by atoms with Crippen molar-refractivity contribution >= 4 is 28.6 Å². The molecule has 2 aromatic rings. The van der Waals surface area contributed by atoms with Gasteiger partial charge >= 0.3 is 0 Å². The number of likely N-dealkylation sites (N-methyl/N-ethyl adjacent to an activating group) is 1. The van der Waals surface area contributed by atoms with Crippen LogP contribution in [-0.4, -0.2) is 83.0 Å². The smallest absolute Gasteiger partial charge is 0.225 e. The van der Waals surface area contributed by atoms with Gasteiger partial charge in [0.2, 0.25) is 5.91 Å². The minimum Gasteiger partial charge on any atom is -0.364 e. The molecule has 1 saturated carbocycles. The van der Waals surface area contributed by atoms with Crippen LogP contribution in [0, 0.1) is 5.92 Å². The van der Waals surface area contributed by atoms with Crippen molar-refractivity contribution in [1.29, 1.82) is 0 Å². The summed E-state index contributed by atoms with van der Waals surface area (Å²) >= 11 is 0. The molecule has 1 amide bonds. The van der Waals surface area contributed by atoms with Crippen LogP contribution in [0.5, 0.6) is 0 Å². The number of piperidine rings is 1. The lowest BCUT2D eigenvalue weighted by Gasteiger charge is -2.38. The van der Waals surface area contributed by atoms with Crippen LogP contribution >= 0.6 is 0 Å². The number of carbonyl (C=O) groups is 1. The van der Waals surface area contributed by atoms with E-state index in [9.17, 15) is 4.79 Å². The summed E-state index contributed by atoms with van der Waals surface area (Å²) < 4.78 is 0. The number of pyridine rings is 1. The van der Waals surface area contributed by atoms with Gasteiger partial charge in [0.15, 0.2) is 11.6 Å². The van der Waals surface area contributed by atoms with E-state index in [0.29, 0.717) is 11.9 Å². The Kier molecular flexibility index (Phi) is 4.95. The van der Waals surface area contributed by atoms with Gasteiger partial charge in [-0.25, -0.2) is 9.97 Å². The highest BCUT2D eigenvalue weighted by Gasteiger charge is 2.32. The summed E-state index contributed by atoms with van der Waals surface area (Å²) in [6.45, 7) is 5.33. The first-order valence-corrected chi connectivity index (χ1v) is 10.8. The summed E-state index contributed by atoms with van der Waals surface area (Å²) in [6, 6.07) is 2.42. The van der Waals surface area contributed by atoms with Crippen molar-refractivity contribution in [2.45, 2.75) is 31.7 Å². The van der Waals surface area contributed by atoms with Crippen LogP contribution in [0.2, 0.25) is 0 Å². The molecule has 0 unspecified atom stereocenters. The molecule has 5 rings (SSSR count). The van der Waals surface area contributed by atoms with E-state index >= 15 is 0 Å². The van der Waals surface area contributed by atoms with Gasteiger partial charge in [0, 0.05) is 57.4 Å². The molecule has 0 spiro atoms. The Morgan fingerprint density at radius 3 is 2.48 bits per heavy atom. The number of nitrogens with zero attached hydrogens (tertiary/aromatic N) is 6. The number of rotatable bonds is 4. The van der Waals surface area contributed by atoms with E-state index < -0.39 is 0 Å². The van der Waals surface area contributed by atoms with Gasteiger partial charge in [-0.05, 0) is 38.8 Å². The number of nitrogens with one attached hydrogen (secondary N) is 1. The van der Waals surface area contributed by atoms with Gasteiger partial charge in [-0.2, -0.15) is 0 Å². The molecule has 2 aromatic heterocycles. The molecule has 8 nitrogen and oxygen atoms in total. The molecule has 3 aliphatic rings. The Morgan fingerprint density at radius 2 is 1.76 bits per heavy atom. The van der Waals surface area contributed by atoms with E-state index in [2.05, 4.69) is 32.0 Å². The fraction of sp³-hybridized carbons (Fsp3) is 0.619. The van der Waals surface area contributed by atoms with E-state index in [1.807, 2.05) is 6.07 Å². The first-order chi connectivity index (χ1) is 14.2. The lowest BCUT2D eigenvalue weighted by atomic mass is 9.95. The van der Waals surface area contributed by atoms with E-state index in [1.165, 1.54) is 12.8 Å². The quantitative estimate of drug-likeness (QED) is 0.842. The number of carbonyl (C=O) groups excluding carboxylic acids is 1. The highest BCUT2D eigenvalue weighted by atomic mass is 16.2. The SMILES string of the molecule is CN1CCN(C(=O)C2CCN(c3nc4cnccc4nc3NC3CC3)CC2)CC1. The van der Waals surface area contributed by atoms with Crippen LogP contribution in [0.15, 0.2) is 18.5 Å². The van der Waals surface area contributed by atoms with Crippen molar-refractivity contribution in [1.82, 2.24) is 24.8 Å². The number of anilines is 2. The van der Waals surface area contributed by atoms with Gasteiger partial charge in [-0.3, -0.25) is 9.78 Å². The predicted octanol–water partition coefficient (Wildman–Crippen LogP) is 1.59. The molecule has 29 heavy (non-hydrogen) atoms. The second-order valence-electron chi connectivity index (χ2n) is 8.57. The lowest BCUT2D eigenvalue weighted by Crippen LogP contribution is -2.50. The van der Waals surface area contributed by atoms with E-state index in [0.717, 1.165) is 74.8 Å². The zero-order valence-electron chi connectivity index (χ0n) is 17.0. The van der Waals surface area contributed by atoms with Crippen LogP contribution < -0.4 is 10.2 Å². The normalized spacial score (nSPS) is 21.6. The van der Waals surface area contributed by atoms with Crippen LogP contribution in [0.3, 0.4) is 0 Å². The third kappa shape index (κ3) is 3.99. The van der Waals surface area contributed by atoms with Gasteiger partial charge in [0.25, 0.3) is 0 Å². The van der Waals surface area contributed by atoms with Crippen molar-refractivity contribution in [2.75, 3.05) is 56.5 Å². The maximum Gasteiger partial charge on any atom is 0.225 e. The van der Waals surface area contributed by atoms with E-state index in [1.54, 1.807) is 12.4 Å². The molecule has 3 fully saturated rings. The highest BCUT2D eigenvalue weighted by molar-refractivity contribution is 5.81.